The van der Waals surface area contributed by atoms with Gasteiger partial charge < -0.3 is 14.8 Å². The smallest absolute Gasteiger partial charge is 0.270 e. The van der Waals surface area contributed by atoms with Crippen LogP contribution in [0.3, 0.4) is 0 Å². The monoisotopic (exact) mass is 344 g/mol. The second-order valence-corrected chi connectivity index (χ2v) is 5.34. The van der Waals surface area contributed by atoms with Crippen molar-refractivity contribution in [2.75, 3.05) is 13.7 Å². The number of benzene rings is 2. The van der Waals surface area contributed by atoms with Crippen LogP contribution in [0.25, 0.3) is 0 Å². The highest BCUT2D eigenvalue weighted by molar-refractivity contribution is 5.97. The van der Waals surface area contributed by atoms with E-state index >= 15 is 0 Å². The van der Waals surface area contributed by atoms with E-state index in [1.54, 1.807) is 0 Å². The van der Waals surface area contributed by atoms with Gasteiger partial charge in [-0.05, 0) is 37.6 Å². The minimum Gasteiger partial charge on any atom is -0.496 e. The molecular weight excluding hydrogens is 324 g/mol. The zero-order valence-corrected chi connectivity index (χ0v) is 14.3. The zero-order chi connectivity index (χ0) is 18.4. The molecule has 0 fully saturated rings. The van der Waals surface area contributed by atoms with Crippen molar-refractivity contribution in [3.05, 3.63) is 63.7 Å². The highest BCUT2D eigenvalue weighted by Gasteiger charge is 2.19. The predicted molar refractivity (Wildman–Crippen MR) is 93.1 cm³/mol. The second kappa shape index (κ2) is 8.14. The van der Waals surface area contributed by atoms with Gasteiger partial charge in [0.15, 0.2) is 0 Å². The van der Waals surface area contributed by atoms with Crippen molar-refractivity contribution in [1.82, 2.24) is 5.32 Å². The maximum absolute atomic E-state index is 12.5. The third-order valence-electron chi connectivity index (χ3n) is 3.68. The van der Waals surface area contributed by atoms with Crippen molar-refractivity contribution in [3.63, 3.8) is 0 Å². The van der Waals surface area contributed by atoms with E-state index in [1.807, 2.05) is 38.1 Å². The SMILES string of the molecule is CCOc1ccc(C(C)NC(=O)c2cc([N+](=O)[O-])ccc2OC)cc1. The molecule has 7 nitrogen and oxygen atoms in total. The number of carbonyl (C=O) groups is 1. The van der Waals surface area contributed by atoms with Crippen LogP contribution in [0.4, 0.5) is 5.69 Å². The number of nitro benzene ring substituents is 1. The van der Waals surface area contributed by atoms with Crippen molar-refractivity contribution in [2.45, 2.75) is 19.9 Å². The molecule has 0 saturated heterocycles. The van der Waals surface area contributed by atoms with Gasteiger partial charge in [-0.25, -0.2) is 0 Å². The normalized spacial score (nSPS) is 11.5. The summed E-state index contributed by atoms with van der Waals surface area (Å²) in [5, 5.41) is 13.7. The first-order chi connectivity index (χ1) is 12.0. The number of nitrogens with one attached hydrogen (secondary N) is 1. The summed E-state index contributed by atoms with van der Waals surface area (Å²) in [7, 11) is 1.41. The maximum Gasteiger partial charge on any atom is 0.270 e. The average molecular weight is 344 g/mol. The molecule has 0 spiro atoms. The van der Waals surface area contributed by atoms with Crippen molar-refractivity contribution in [2.24, 2.45) is 0 Å². The lowest BCUT2D eigenvalue weighted by molar-refractivity contribution is -0.384. The largest absolute Gasteiger partial charge is 0.496 e. The molecule has 0 heterocycles. The number of non-ortho nitro benzene ring substituents is 1. The number of rotatable bonds is 7. The predicted octanol–water partition coefficient (Wildman–Crippen LogP) is 3.49. The number of ether oxygens (including phenoxy) is 2. The number of amides is 1. The Morgan fingerprint density at radius 2 is 1.92 bits per heavy atom. The van der Waals surface area contributed by atoms with Gasteiger partial charge in [-0.3, -0.25) is 14.9 Å². The molecule has 0 bridgehead atoms. The Morgan fingerprint density at radius 3 is 2.48 bits per heavy atom. The molecule has 0 radical (unpaired) electrons. The zero-order valence-electron chi connectivity index (χ0n) is 14.3. The highest BCUT2D eigenvalue weighted by Crippen LogP contribution is 2.25. The van der Waals surface area contributed by atoms with Crippen LogP contribution < -0.4 is 14.8 Å². The first-order valence-electron chi connectivity index (χ1n) is 7.82. The molecule has 0 aromatic heterocycles. The second-order valence-electron chi connectivity index (χ2n) is 5.34. The molecule has 2 aromatic carbocycles. The number of methoxy groups -OCH3 is 1. The van der Waals surface area contributed by atoms with Crippen LogP contribution in [0, 0.1) is 10.1 Å². The van der Waals surface area contributed by atoms with Crippen LogP contribution >= 0.6 is 0 Å². The van der Waals surface area contributed by atoms with Crippen molar-refractivity contribution in [1.29, 1.82) is 0 Å². The number of carbonyl (C=O) groups excluding carboxylic acids is 1. The van der Waals surface area contributed by atoms with Gasteiger partial charge in [-0.1, -0.05) is 12.1 Å². The Labute approximate surface area is 145 Å². The summed E-state index contributed by atoms with van der Waals surface area (Å²) in [4.78, 5) is 22.9. The minimum atomic E-state index is -0.550. The van der Waals surface area contributed by atoms with Crippen LogP contribution in [0.2, 0.25) is 0 Å². The fraction of sp³-hybridized carbons (Fsp3) is 0.278. The van der Waals surface area contributed by atoms with E-state index in [9.17, 15) is 14.9 Å². The first-order valence-corrected chi connectivity index (χ1v) is 7.82. The Kier molecular flexibility index (Phi) is 5.94. The van der Waals surface area contributed by atoms with Gasteiger partial charge in [0.25, 0.3) is 11.6 Å². The number of nitrogens with zero attached hydrogens (tertiary/aromatic N) is 1. The van der Waals surface area contributed by atoms with Crippen LogP contribution in [-0.2, 0) is 0 Å². The third kappa shape index (κ3) is 4.47. The molecule has 2 rings (SSSR count). The molecular formula is C18H20N2O5. The highest BCUT2D eigenvalue weighted by atomic mass is 16.6. The topological polar surface area (TPSA) is 90.7 Å². The molecule has 1 amide bonds. The molecule has 1 unspecified atom stereocenters. The Balaban J connectivity index is 2.17. The van der Waals surface area contributed by atoms with E-state index in [4.69, 9.17) is 9.47 Å². The van der Waals surface area contributed by atoms with Crippen LogP contribution in [0.5, 0.6) is 11.5 Å². The summed E-state index contributed by atoms with van der Waals surface area (Å²) in [6, 6.07) is 11.0. The van der Waals surface area contributed by atoms with Crippen molar-refractivity contribution in [3.8, 4) is 11.5 Å². The van der Waals surface area contributed by atoms with Gasteiger partial charge in [0.2, 0.25) is 0 Å². The van der Waals surface area contributed by atoms with E-state index in [0.717, 1.165) is 11.3 Å². The first kappa shape index (κ1) is 18.3. The van der Waals surface area contributed by atoms with Gasteiger partial charge in [-0.15, -0.1) is 0 Å². The summed E-state index contributed by atoms with van der Waals surface area (Å²) < 4.78 is 10.5. The summed E-state index contributed by atoms with van der Waals surface area (Å²) in [5.74, 6) is 0.592. The molecule has 25 heavy (non-hydrogen) atoms. The van der Waals surface area contributed by atoms with E-state index in [2.05, 4.69) is 5.32 Å². The number of hydrogen-bond acceptors (Lipinski definition) is 5. The van der Waals surface area contributed by atoms with Gasteiger partial charge in [0.05, 0.1) is 30.2 Å². The van der Waals surface area contributed by atoms with Gasteiger partial charge in [0, 0.05) is 12.1 Å². The lowest BCUT2D eigenvalue weighted by Crippen LogP contribution is -2.27. The maximum atomic E-state index is 12.5. The summed E-state index contributed by atoms with van der Waals surface area (Å²) in [5.41, 5.74) is 0.843. The third-order valence-corrected chi connectivity index (χ3v) is 3.68. The van der Waals surface area contributed by atoms with E-state index in [-0.39, 0.29) is 23.0 Å². The molecule has 0 saturated carbocycles. The molecule has 0 aliphatic rings. The summed E-state index contributed by atoms with van der Waals surface area (Å²) in [6.07, 6.45) is 0. The molecule has 7 heteroatoms. The van der Waals surface area contributed by atoms with Crippen LogP contribution in [0.15, 0.2) is 42.5 Å². The average Bonchev–Trinajstić information content (AvgIpc) is 2.61. The lowest BCUT2D eigenvalue weighted by atomic mass is 10.1. The van der Waals surface area contributed by atoms with E-state index in [1.165, 1.54) is 25.3 Å². The van der Waals surface area contributed by atoms with E-state index in [0.29, 0.717) is 6.61 Å². The van der Waals surface area contributed by atoms with Gasteiger partial charge in [-0.2, -0.15) is 0 Å². The molecule has 2 aromatic rings. The Morgan fingerprint density at radius 1 is 1.24 bits per heavy atom. The van der Waals surface area contributed by atoms with Crippen molar-refractivity contribution < 1.29 is 19.2 Å². The quantitative estimate of drug-likeness (QED) is 0.613. The molecule has 0 aliphatic carbocycles. The molecule has 132 valence electrons. The fourth-order valence-electron chi connectivity index (χ4n) is 2.36. The van der Waals surface area contributed by atoms with Crippen LogP contribution in [0.1, 0.15) is 35.8 Å². The lowest BCUT2D eigenvalue weighted by Gasteiger charge is -2.16. The molecule has 0 aliphatic heterocycles. The summed E-state index contributed by atoms with van der Waals surface area (Å²) in [6.45, 7) is 4.32. The van der Waals surface area contributed by atoms with Crippen LogP contribution in [-0.4, -0.2) is 24.5 Å². The number of hydrogen-bond donors (Lipinski definition) is 1. The molecule has 1 atom stereocenters. The summed E-state index contributed by atoms with van der Waals surface area (Å²) >= 11 is 0. The minimum absolute atomic E-state index is 0.120. The number of nitro groups is 1. The fourth-order valence-corrected chi connectivity index (χ4v) is 2.36. The van der Waals surface area contributed by atoms with Crippen molar-refractivity contribution >= 4 is 11.6 Å². The van der Waals surface area contributed by atoms with Gasteiger partial charge >= 0.3 is 0 Å². The molecule has 1 N–H and O–H groups in total. The Hall–Kier alpha value is -3.09. The standard InChI is InChI=1S/C18H20N2O5/c1-4-25-15-8-5-13(6-9-15)12(2)19-18(21)16-11-14(20(22)23)7-10-17(16)24-3/h5-12H,4H2,1-3H3,(H,19,21). The van der Waals surface area contributed by atoms with E-state index < -0.39 is 10.8 Å². The Bertz CT molecular complexity index is 759. The van der Waals surface area contributed by atoms with Gasteiger partial charge in [0.1, 0.15) is 11.5 Å².